The molecule has 3 aromatic rings. The fraction of sp³-hybridized carbons (Fsp3) is 0.308. The fourth-order valence-electron chi connectivity index (χ4n) is 3.80. The molecule has 1 aliphatic heterocycles. The van der Waals surface area contributed by atoms with E-state index >= 15 is 0 Å². The molecule has 194 valence electrons. The maximum absolute atomic E-state index is 12.9. The average Bonchev–Trinajstić information content (AvgIpc) is 2.86. The summed E-state index contributed by atoms with van der Waals surface area (Å²) >= 11 is 0. The Hall–Kier alpha value is -3.99. The number of nitrogens with one attached hydrogen (secondary N) is 4. The summed E-state index contributed by atoms with van der Waals surface area (Å²) in [7, 11) is -4.05. The van der Waals surface area contributed by atoms with Crippen molar-refractivity contribution in [1.29, 1.82) is 0 Å². The van der Waals surface area contributed by atoms with Gasteiger partial charge in [0.15, 0.2) is 0 Å². The summed E-state index contributed by atoms with van der Waals surface area (Å²) < 4.78 is 27.9. The van der Waals surface area contributed by atoms with Gasteiger partial charge in [-0.25, -0.2) is 18.1 Å². The number of aromatic nitrogens is 2. The zero-order valence-corrected chi connectivity index (χ0v) is 22.0. The van der Waals surface area contributed by atoms with Crippen LogP contribution in [0.3, 0.4) is 0 Å². The van der Waals surface area contributed by atoms with E-state index in [2.05, 4.69) is 30.6 Å². The third kappa shape index (κ3) is 6.05. The van der Waals surface area contributed by atoms with Gasteiger partial charge < -0.3 is 16.0 Å². The molecule has 0 spiro atoms. The number of carbonyl (C=O) groups excluding carboxylic acids is 2. The van der Waals surface area contributed by atoms with Gasteiger partial charge in [-0.1, -0.05) is 19.9 Å². The molecule has 1 aliphatic rings. The van der Waals surface area contributed by atoms with Gasteiger partial charge in [-0.2, -0.15) is 4.98 Å². The van der Waals surface area contributed by atoms with Crippen LogP contribution in [0.5, 0.6) is 0 Å². The van der Waals surface area contributed by atoms with Crippen LogP contribution in [0.1, 0.15) is 43.4 Å². The minimum absolute atomic E-state index is 0.000707. The first-order valence-corrected chi connectivity index (χ1v) is 13.5. The maximum atomic E-state index is 12.9. The van der Waals surface area contributed by atoms with E-state index in [1.807, 2.05) is 32.0 Å². The summed E-state index contributed by atoms with van der Waals surface area (Å²) in [6.45, 7) is 7.04. The zero-order valence-electron chi connectivity index (χ0n) is 21.2. The number of nitrogens with zero attached hydrogens (tertiary/aromatic N) is 2. The van der Waals surface area contributed by atoms with Crippen molar-refractivity contribution in [3.8, 4) is 0 Å². The second-order valence-electron chi connectivity index (χ2n) is 9.15. The molecule has 11 heteroatoms. The van der Waals surface area contributed by atoms with Gasteiger partial charge in [-0.05, 0) is 68.1 Å². The van der Waals surface area contributed by atoms with Crippen LogP contribution in [0.15, 0.2) is 47.5 Å². The van der Waals surface area contributed by atoms with E-state index in [4.69, 9.17) is 0 Å². The highest BCUT2D eigenvalue weighted by Crippen LogP contribution is 2.28. The fourth-order valence-corrected chi connectivity index (χ4v) is 5.15. The van der Waals surface area contributed by atoms with Gasteiger partial charge in [-0.15, -0.1) is 0 Å². The van der Waals surface area contributed by atoms with Gasteiger partial charge in [-0.3, -0.25) is 9.59 Å². The van der Waals surface area contributed by atoms with E-state index in [1.165, 1.54) is 6.07 Å². The summed E-state index contributed by atoms with van der Waals surface area (Å²) in [4.78, 5) is 32.7. The van der Waals surface area contributed by atoms with E-state index < -0.39 is 21.8 Å². The van der Waals surface area contributed by atoms with Crippen LogP contribution in [-0.2, 0) is 26.0 Å². The lowest BCUT2D eigenvalue weighted by molar-refractivity contribution is -0.122. The number of rotatable bonds is 8. The Morgan fingerprint density at radius 3 is 2.54 bits per heavy atom. The number of aryl methyl sites for hydroxylation is 3. The summed E-state index contributed by atoms with van der Waals surface area (Å²) in [6.07, 6.45) is 3.31. The predicted molar refractivity (Wildman–Crippen MR) is 143 cm³/mol. The molecule has 2 heterocycles. The van der Waals surface area contributed by atoms with Gasteiger partial charge in [0.25, 0.3) is 10.0 Å². The number of amides is 2. The molecular formula is C26H30N6O4S. The molecule has 1 atom stereocenters. The Labute approximate surface area is 216 Å². The first-order chi connectivity index (χ1) is 17.6. The van der Waals surface area contributed by atoms with Crippen molar-refractivity contribution >= 4 is 50.7 Å². The molecule has 0 aliphatic carbocycles. The largest absolute Gasteiger partial charge is 0.340 e. The minimum Gasteiger partial charge on any atom is -0.340 e. The molecule has 0 radical (unpaired) electrons. The summed E-state index contributed by atoms with van der Waals surface area (Å²) in [5, 5.41) is 9.22. The molecular weight excluding hydrogens is 492 g/mol. The number of hydrogen-bond donors (Lipinski definition) is 4. The van der Waals surface area contributed by atoms with Gasteiger partial charge in [0.1, 0.15) is 5.82 Å². The molecule has 1 aromatic heterocycles. The quantitative estimate of drug-likeness (QED) is 0.343. The molecule has 4 N–H and O–H groups in total. The maximum Gasteiger partial charge on any atom is 0.264 e. The summed E-state index contributed by atoms with van der Waals surface area (Å²) in [6, 6.07) is 10.5. The molecule has 4 rings (SSSR count). The number of benzene rings is 2. The molecule has 0 bridgehead atoms. The average molecular weight is 523 g/mol. The molecule has 10 nitrogen and oxygen atoms in total. The highest BCUT2D eigenvalue weighted by Gasteiger charge is 2.23. The molecule has 2 amide bonds. The van der Waals surface area contributed by atoms with E-state index in [0.29, 0.717) is 36.3 Å². The first-order valence-electron chi connectivity index (χ1n) is 12.0. The van der Waals surface area contributed by atoms with Crippen LogP contribution in [0, 0.1) is 19.8 Å². The predicted octanol–water partition coefficient (Wildman–Crippen LogP) is 4.32. The van der Waals surface area contributed by atoms with Crippen molar-refractivity contribution in [3.05, 3.63) is 59.3 Å². The van der Waals surface area contributed by atoms with Gasteiger partial charge in [0.2, 0.25) is 17.8 Å². The highest BCUT2D eigenvalue weighted by molar-refractivity contribution is 7.90. The SMILES string of the molecule is CCC(C)C(=O)NS(=O)(=O)c1cc(Nc2ncc(C)c(Nc3ccc4c(c3)CCC(=O)N4)n2)ccc1C. The van der Waals surface area contributed by atoms with E-state index in [-0.39, 0.29) is 16.8 Å². The number of sulfonamides is 1. The van der Waals surface area contributed by atoms with Crippen LogP contribution in [0.2, 0.25) is 0 Å². The Morgan fingerprint density at radius 1 is 1.05 bits per heavy atom. The second kappa shape index (κ2) is 10.6. The van der Waals surface area contributed by atoms with Crippen molar-refractivity contribution in [2.24, 2.45) is 5.92 Å². The van der Waals surface area contributed by atoms with Crippen molar-refractivity contribution in [3.63, 3.8) is 0 Å². The van der Waals surface area contributed by atoms with Crippen molar-refractivity contribution in [2.45, 2.75) is 51.9 Å². The van der Waals surface area contributed by atoms with Crippen LogP contribution in [0.4, 0.5) is 28.8 Å². The second-order valence-corrected chi connectivity index (χ2v) is 10.8. The third-order valence-electron chi connectivity index (χ3n) is 6.26. The highest BCUT2D eigenvalue weighted by atomic mass is 32.2. The molecule has 1 unspecified atom stereocenters. The summed E-state index contributed by atoms with van der Waals surface area (Å²) in [5.74, 6) is -0.0905. The van der Waals surface area contributed by atoms with Gasteiger partial charge in [0, 0.05) is 41.2 Å². The van der Waals surface area contributed by atoms with Crippen molar-refractivity contribution in [1.82, 2.24) is 14.7 Å². The molecule has 37 heavy (non-hydrogen) atoms. The monoisotopic (exact) mass is 522 g/mol. The van der Waals surface area contributed by atoms with Crippen molar-refractivity contribution in [2.75, 3.05) is 16.0 Å². The molecule has 2 aromatic carbocycles. The van der Waals surface area contributed by atoms with E-state index in [0.717, 1.165) is 22.5 Å². The van der Waals surface area contributed by atoms with Crippen LogP contribution >= 0.6 is 0 Å². The topological polar surface area (TPSA) is 142 Å². The van der Waals surface area contributed by atoms with Crippen molar-refractivity contribution < 1.29 is 18.0 Å². The van der Waals surface area contributed by atoms with Crippen LogP contribution < -0.4 is 20.7 Å². The van der Waals surface area contributed by atoms with Gasteiger partial charge >= 0.3 is 0 Å². The number of anilines is 5. The normalized spacial score (nSPS) is 13.8. The summed E-state index contributed by atoms with van der Waals surface area (Å²) in [5.41, 5.74) is 4.46. The van der Waals surface area contributed by atoms with Crippen LogP contribution in [0.25, 0.3) is 0 Å². The Balaban J connectivity index is 1.54. The smallest absolute Gasteiger partial charge is 0.264 e. The number of carbonyl (C=O) groups is 2. The van der Waals surface area contributed by atoms with Crippen LogP contribution in [-0.4, -0.2) is 30.2 Å². The molecule has 0 saturated heterocycles. The minimum atomic E-state index is -4.05. The standard InChI is InChI=1S/C26H30N6O4S/c1-5-15(2)25(34)32-37(35,36)22-13-20(8-6-16(22)3)29-26-27-14-17(4)24(31-26)28-19-9-10-21-18(12-19)7-11-23(33)30-21/h6,8-10,12-15H,5,7,11H2,1-4H3,(H,30,33)(H,32,34)(H2,27,28,29,31). The Morgan fingerprint density at radius 2 is 1.78 bits per heavy atom. The Bertz CT molecular complexity index is 1470. The zero-order chi connectivity index (χ0) is 26.7. The Kier molecular flexibility index (Phi) is 7.44. The number of fused-ring (bicyclic) bond motifs is 1. The lowest BCUT2D eigenvalue weighted by Crippen LogP contribution is -2.34. The van der Waals surface area contributed by atoms with E-state index in [9.17, 15) is 18.0 Å². The molecule has 0 fully saturated rings. The lowest BCUT2D eigenvalue weighted by Gasteiger charge is -2.18. The van der Waals surface area contributed by atoms with Gasteiger partial charge in [0.05, 0.1) is 4.90 Å². The third-order valence-corrected chi connectivity index (χ3v) is 7.75. The molecule has 0 saturated carbocycles. The first kappa shape index (κ1) is 26.1. The number of hydrogen-bond acceptors (Lipinski definition) is 8. The lowest BCUT2D eigenvalue weighted by atomic mass is 10.0. The van der Waals surface area contributed by atoms with E-state index in [1.54, 1.807) is 32.2 Å².